The maximum Gasteiger partial charge on any atom is 0.267 e. The molecule has 0 radical (unpaired) electrons. The Morgan fingerprint density at radius 1 is 1.10 bits per heavy atom. The minimum Gasteiger partial charge on any atom is -0.491 e. The van der Waals surface area contributed by atoms with Gasteiger partial charge < -0.3 is 15.8 Å². The number of carbonyl (C=O) groups is 2. The van der Waals surface area contributed by atoms with Crippen LogP contribution in [0.2, 0.25) is 0 Å². The highest BCUT2D eigenvalue weighted by atomic mass is 16.5. The molecule has 158 valence electrons. The van der Waals surface area contributed by atoms with Crippen LogP contribution in [0.25, 0.3) is 10.9 Å². The van der Waals surface area contributed by atoms with Crippen LogP contribution in [0.4, 0.5) is 5.69 Å². The van der Waals surface area contributed by atoms with Crippen molar-refractivity contribution in [2.24, 2.45) is 10.8 Å². The monoisotopic (exact) mass is 417 g/mol. The van der Waals surface area contributed by atoms with Crippen molar-refractivity contribution in [1.82, 2.24) is 10.3 Å². The Labute approximate surface area is 179 Å². The van der Waals surface area contributed by atoms with Crippen molar-refractivity contribution in [3.05, 3.63) is 66.9 Å². The number of ether oxygens (including phenoxy) is 1. The third kappa shape index (κ3) is 4.63. The van der Waals surface area contributed by atoms with Crippen molar-refractivity contribution in [3.63, 3.8) is 0 Å². The number of primary amides is 1. The largest absolute Gasteiger partial charge is 0.491 e. The van der Waals surface area contributed by atoms with Crippen LogP contribution in [0.3, 0.4) is 0 Å². The van der Waals surface area contributed by atoms with Gasteiger partial charge in [-0.05, 0) is 30.7 Å². The second kappa shape index (κ2) is 9.25. The molecular formula is C23H23N5O3. The van der Waals surface area contributed by atoms with Crippen LogP contribution in [0.1, 0.15) is 12.8 Å². The zero-order valence-electron chi connectivity index (χ0n) is 16.9. The molecule has 0 saturated carbocycles. The van der Waals surface area contributed by atoms with E-state index < -0.39 is 11.9 Å². The number of nitrogens with one attached hydrogen (secondary N) is 1. The summed E-state index contributed by atoms with van der Waals surface area (Å²) in [6.07, 6.45) is 2.52. The van der Waals surface area contributed by atoms with Crippen LogP contribution in [0, 0.1) is 0 Å². The number of hydrazone groups is 1. The lowest BCUT2D eigenvalue weighted by Gasteiger charge is -2.20. The molecular weight excluding hydrogens is 394 g/mol. The van der Waals surface area contributed by atoms with E-state index in [0.717, 1.165) is 10.9 Å². The van der Waals surface area contributed by atoms with Gasteiger partial charge in [-0.2, -0.15) is 5.10 Å². The number of nitrogens with zero attached hydrogens (tertiary/aromatic N) is 3. The minimum atomic E-state index is -0.676. The Balaban J connectivity index is 1.30. The smallest absolute Gasteiger partial charge is 0.267 e. The zero-order chi connectivity index (χ0) is 21.6. The molecule has 8 nitrogen and oxygen atoms in total. The summed E-state index contributed by atoms with van der Waals surface area (Å²) in [6, 6.07) is 18.2. The van der Waals surface area contributed by atoms with Gasteiger partial charge in [-0.15, -0.1) is 0 Å². The van der Waals surface area contributed by atoms with Gasteiger partial charge in [0.1, 0.15) is 23.0 Å². The topological polar surface area (TPSA) is 110 Å². The van der Waals surface area contributed by atoms with Crippen LogP contribution in [0.15, 0.2) is 72.0 Å². The van der Waals surface area contributed by atoms with E-state index in [-0.39, 0.29) is 18.0 Å². The minimum absolute atomic E-state index is 0.175. The van der Waals surface area contributed by atoms with Crippen LogP contribution >= 0.6 is 0 Å². The number of anilines is 1. The van der Waals surface area contributed by atoms with Gasteiger partial charge in [0.25, 0.3) is 5.91 Å². The fourth-order valence-corrected chi connectivity index (χ4v) is 3.44. The number of carbonyl (C=O) groups excluding carboxylic acids is 2. The zero-order valence-corrected chi connectivity index (χ0v) is 16.9. The molecule has 31 heavy (non-hydrogen) atoms. The predicted molar refractivity (Wildman–Crippen MR) is 119 cm³/mol. The number of para-hydroxylation sites is 2. The fourth-order valence-electron chi connectivity index (χ4n) is 3.44. The Bertz CT molecular complexity index is 1110. The summed E-state index contributed by atoms with van der Waals surface area (Å²) in [5.74, 6) is -0.114. The molecule has 8 heteroatoms. The SMILES string of the molecule is NC(=O)C1CC(C(=O)NCCCOc2cccc3cccnc23)=NN1c1ccccc1. The molecule has 2 heterocycles. The van der Waals surface area contributed by atoms with Gasteiger partial charge in [0, 0.05) is 24.5 Å². The number of benzene rings is 2. The van der Waals surface area contributed by atoms with Crippen molar-refractivity contribution in [1.29, 1.82) is 0 Å². The van der Waals surface area contributed by atoms with E-state index in [0.29, 0.717) is 31.0 Å². The average molecular weight is 417 g/mol. The Morgan fingerprint density at radius 2 is 1.90 bits per heavy atom. The summed E-state index contributed by atoms with van der Waals surface area (Å²) in [4.78, 5) is 28.7. The van der Waals surface area contributed by atoms with Gasteiger partial charge in [-0.3, -0.25) is 19.6 Å². The molecule has 2 aromatic carbocycles. The molecule has 1 aliphatic rings. The van der Waals surface area contributed by atoms with Crippen molar-refractivity contribution >= 4 is 34.1 Å². The van der Waals surface area contributed by atoms with Crippen molar-refractivity contribution in [3.8, 4) is 5.75 Å². The number of fused-ring (bicyclic) bond motifs is 1. The number of hydrogen-bond donors (Lipinski definition) is 2. The van der Waals surface area contributed by atoms with Gasteiger partial charge in [0.2, 0.25) is 5.91 Å². The summed E-state index contributed by atoms with van der Waals surface area (Å²) in [7, 11) is 0. The van der Waals surface area contributed by atoms with E-state index >= 15 is 0 Å². The Morgan fingerprint density at radius 3 is 2.71 bits per heavy atom. The van der Waals surface area contributed by atoms with E-state index in [9.17, 15) is 9.59 Å². The van der Waals surface area contributed by atoms with Crippen molar-refractivity contribution < 1.29 is 14.3 Å². The second-order valence-electron chi connectivity index (χ2n) is 7.14. The summed E-state index contributed by atoms with van der Waals surface area (Å²) in [6.45, 7) is 0.852. The average Bonchev–Trinajstić information content (AvgIpc) is 3.25. The van der Waals surface area contributed by atoms with Gasteiger partial charge in [-0.25, -0.2) is 0 Å². The number of amides is 2. The van der Waals surface area contributed by atoms with Crippen LogP contribution < -0.4 is 20.8 Å². The molecule has 1 aliphatic heterocycles. The van der Waals surface area contributed by atoms with Gasteiger partial charge in [0.15, 0.2) is 0 Å². The highest BCUT2D eigenvalue weighted by Crippen LogP contribution is 2.24. The number of hydrogen-bond acceptors (Lipinski definition) is 6. The van der Waals surface area contributed by atoms with Crippen LogP contribution in [-0.2, 0) is 9.59 Å². The molecule has 1 unspecified atom stereocenters. The molecule has 1 atom stereocenters. The van der Waals surface area contributed by atoms with E-state index in [1.165, 1.54) is 5.01 Å². The highest BCUT2D eigenvalue weighted by molar-refractivity contribution is 6.40. The molecule has 4 rings (SSSR count). The van der Waals surface area contributed by atoms with Crippen molar-refractivity contribution in [2.45, 2.75) is 18.9 Å². The maximum atomic E-state index is 12.5. The molecule has 0 bridgehead atoms. The Kier molecular flexibility index (Phi) is 6.07. The van der Waals surface area contributed by atoms with Gasteiger partial charge >= 0.3 is 0 Å². The molecule has 3 N–H and O–H groups in total. The van der Waals surface area contributed by atoms with Crippen LogP contribution in [0.5, 0.6) is 5.75 Å². The number of rotatable bonds is 8. The number of nitrogens with two attached hydrogens (primary N) is 1. The number of pyridine rings is 1. The first-order chi connectivity index (χ1) is 15.1. The first-order valence-electron chi connectivity index (χ1n) is 10.1. The van der Waals surface area contributed by atoms with Gasteiger partial charge in [-0.1, -0.05) is 36.4 Å². The van der Waals surface area contributed by atoms with Crippen molar-refractivity contribution in [2.75, 3.05) is 18.2 Å². The van der Waals surface area contributed by atoms with E-state index in [2.05, 4.69) is 15.4 Å². The quantitative estimate of drug-likeness (QED) is 0.546. The lowest BCUT2D eigenvalue weighted by atomic mass is 10.1. The third-order valence-electron chi connectivity index (χ3n) is 4.98. The summed E-state index contributed by atoms with van der Waals surface area (Å²) < 4.78 is 5.84. The molecule has 0 spiro atoms. The fraction of sp³-hybridized carbons (Fsp3) is 0.217. The van der Waals surface area contributed by atoms with Gasteiger partial charge in [0.05, 0.1) is 12.3 Å². The summed E-state index contributed by atoms with van der Waals surface area (Å²) >= 11 is 0. The first kappa shape index (κ1) is 20.3. The molecule has 0 fully saturated rings. The molecule has 3 aromatic rings. The lowest BCUT2D eigenvalue weighted by Crippen LogP contribution is -2.40. The molecule has 2 amide bonds. The van der Waals surface area contributed by atoms with E-state index in [4.69, 9.17) is 10.5 Å². The maximum absolute atomic E-state index is 12.5. The Hall–Kier alpha value is -3.94. The lowest BCUT2D eigenvalue weighted by molar-refractivity contribution is -0.119. The second-order valence-corrected chi connectivity index (χ2v) is 7.14. The third-order valence-corrected chi connectivity index (χ3v) is 4.98. The summed E-state index contributed by atoms with van der Waals surface area (Å²) in [5.41, 5.74) is 7.33. The van der Waals surface area contributed by atoms with E-state index in [1.807, 2.05) is 60.7 Å². The summed E-state index contributed by atoms with van der Waals surface area (Å²) in [5, 5.41) is 9.70. The van der Waals surface area contributed by atoms with Crippen LogP contribution in [-0.4, -0.2) is 41.7 Å². The number of aromatic nitrogens is 1. The normalized spacial score (nSPS) is 15.5. The standard InChI is InChI=1S/C23H23N5O3/c24-22(29)19-15-18(27-28(19)17-9-2-1-3-10-17)23(30)26-13-6-14-31-20-11-4-7-16-8-5-12-25-21(16)20/h1-5,7-12,19H,6,13-15H2,(H2,24,29)(H,26,30). The molecule has 0 aliphatic carbocycles. The predicted octanol–water partition coefficient (Wildman–Crippen LogP) is 2.24. The highest BCUT2D eigenvalue weighted by Gasteiger charge is 2.34. The first-order valence-corrected chi connectivity index (χ1v) is 10.1. The molecule has 1 aromatic heterocycles. The van der Waals surface area contributed by atoms with E-state index in [1.54, 1.807) is 6.20 Å². The molecule has 0 saturated heterocycles.